The summed E-state index contributed by atoms with van der Waals surface area (Å²) >= 11 is 0. The summed E-state index contributed by atoms with van der Waals surface area (Å²) in [6.07, 6.45) is 0.798. The maximum atomic E-state index is 12.1. The highest BCUT2D eigenvalue weighted by molar-refractivity contribution is 14.0. The molecule has 0 fully saturated rings. The number of nitrogens with zero attached hydrogens (tertiary/aromatic N) is 2. The van der Waals surface area contributed by atoms with Gasteiger partial charge in [-0.2, -0.15) is 0 Å². The van der Waals surface area contributed by atoms with Gasteiger partial charge >= 0.3 is 0 Å². The molecule has 0 spiro atoms. The SMILES string of the molecule is CCNC(=NCc1ccc(OCCOC)cc1)NCCc1cccc(C(=O)N(C)C)c1.I. The number of benzene rings is 2. The molecule has 0 aromatic heterocycles. The minimum Gasteiger partial charge on any atom is -0.491 e. The van der Waals surface area contributed by atoms with Crippen LogP contribution < -0.4 is 15.4 Å². The molecule has 2 N–H and O–H groups in total. The number of carbonyl (C=O) groups is 1. The number of guanidine groups is 1. The van der Waals surface area contributed by atoms with Gasteiger partial charge in [-0.1, -0.05) is 24.3 Å². The van der Waals surface area contributed by atoms with Crippen LogP contribution in [0.1, 0.15) is 28.4 Å². The van der Waals surface area contributed by atoms with Crippen LogP contribution in [0.5, 0.6) is 5.75 Å². The Balaban J connectivity index is 0.00000512. The lowest BCUT2D eigenvalue weighted by Crippen LogP contribution is -2.38. The number of carbonyl (C=O) groups excluding carboxylic acids is 1. The Kier molecular flexibility index (Phi) is 13.4. The van der Waals surface area contributed by atoms with Crippen LogP contribution in [0.3, 0.4) is 0 Å². The van der Waals surface area contributed by atoms with Crippen LogP contribution in [0.4, 0.5) is 0 Å². The van der Waals surface area contributed by atoms with Gasteiger partial charge in [-0.3, -0.25) is 4.79 Å². The van der Waals surface area contributed by atoms with E-state index in [-0.39, 0.29) is 29.9 Å². The van der Waals surface area contributed by atoms with Crippen LogP contribution in [-0.2, 0) is 17.7 Å². The van der Waals surface area contributed by atoms with Crippen molar-refractivity contribution in [2.75, 3.05) is 47.5 Å². The predicted molar refractivity (Wildman–Crippen MR) is 140 cm³/mol. The van der Waals surface area contributed by atoms with Gasteiger partial charge in [0.05, 0.1) is 13.2 Å². The van der Waals surface area contributed by atoms with E-state index in [1.165, 1.54) is 0 Å². The third-order valence-electron chi connectivity index (χ3n) is 4.53. The summed E-state index contributed by atoms with van der Waals surface area (Å²) in [5, 5.41) is 6.63. The Morgan fingerprint density at radius 3 is 2.44 bits per heavy atom. The van der Waals surface area contributed by atoms with Crippen LogP contribution in [0.25, 0.3) is 0 Å². The van der Waals surface area contributed by atoms with E-state index in [1.54, 1.807) is 26.1 Å². The number of hydrogen-bond acceptors (Lipinski definition) is 4. The number of rotatable bonds is 11. The molecule has 0 heterocycles. The highest BCUT2D eigenvalue weighted by Crippen LogP contribution is 2.13. The quantitative estimate of drug-likeness (QED) is 0.193. The number of aliphatic imine (C=N–C) groups is 1. The second-order valence-corrected chi connectivity index (χ2v) is 7.26. The van der Waals surface area contributed by atoms with E-state index >= 15 is 0 Å². The van der Waals surface area contributed by atoms with Crippen molar-refractivity contribution in [2.45, 2.75) is 19.9 Å². The number of nitrogens with one attached hydrogen (secondary N) is 2. The molecule has 176 valence electrons. The molecule has 0 aliphatic heterocycles. The number of ether oxygens (including phenoxy) is 2. The Morgan fingerprint density at radius 2 is 1.78 bits per heavy atom. The van der Waals surface area contributed by atoms with Crippen molar-refractivity contribution in [2.24, 2.45) is 4.99 Å². The fourth-order valence-electron chi connectivity index (χ4n) is 2.89. The van der Waals surface area contributed by atoms with Crippen LogP contribution in [0.2, 0.25) is 0 Å². The monoisotopic (exact) mass is 554 g/mol. The van der Waals surface area contributed by atoms with Crippen molar-refractivity contribution in [1.29, 1.82) is 0 Å². The first-order valence-electron chi connectivity index (χ1n) is 10.6. The van der Waals surface area contributed by atoms with Gasteiger partial charge in [0.15, 0.2) is 5.96 Å². The second kappa shape index (κ2) is 15.5. The molecule has 0 saturated carbocycles. The van der Waals surface area contributed by atoms with Crippen molar-refractivity contribution < 1.29 is 14.3 Å². The topological polar surface area (TPSA) is 75.2 Å². The molecule has 1 amide bonds. The lowest BCUT2D eigenvalue weighted by Gasteiger charge is -2.13. The van der Waals surface area contributed by atoms with Gasteiger partial charge in [-0.25, -0.2) is 4.99 Å². The van der Waals surface area contributed by atoms with Crippen LogP contribution in [0.15, 0.2) is 53.5 Å². The molecule has 0 aliphatic rings. The molecule has 0 unspecified atom stereocenters. The van der Waals surface area contributed by atoms with Crippen molar-refractivity contribution in [3.8, 4) is 5.75 Å². The number of hydrogen-bond donors (Lipinski definition) is 2. The molecule has 0 atom stereocenters. The lowest BCUT2D eigenvalue weighted by molar-refractivity contribution is 0.0827. The zero-order valence-corrected chi connectivity index (χ0v) is 21.7. The first-order chi connectivity index (χ1) is 15.0. The molecule has 2 aromatic rings. The summed E-state index contributed by atoms with van der Waals surface area (Å²) in [6.45, 7) is 5.22. The van der Waals surface area contributed by atoms with Crippen molar-refractivity contribution in [3.63, 3.8) is 0 Å². The zero-order valence-electron chi connectivity index (χ0n) is 19.4. The number of halogens is 1. The van der Waals surface area contributed by atoms with E-state index in [2.05, 4.69) is 15.6 Å². The summed E-state index contributed by atoms with van der Waals surface area (Å²) in [5.74, 6) is 1.60. The van der Waals surface area contributed by atoms with Gasteiger partial charge in [0.2, 0.25) is 0 Å². The summed E-state index contributed by atoms with van der Waals surface area (Å²) in [4.78, 5) is 18.4. The van der Waals surface area contributed by atoms with Crippen LogP contribution in [-0.4, -0.2) is 64.3 Å². The van der Waals surface area contributed by atoms with E-state index in [0.717, 1.165) is 42.3 Å². The van der Waals surface area contributed by atoms with Gasteiger partial charge < -0.3 is 25.0 Å². The molecule has 2 aromatic carbocycles. The summed E-state index contributed by atoms with van der Waals surface area (Å²) < 4.78 is 10.6. The van der Waals surface area contributed by atoms with E-state index in [9.17, 15) is 4.79 Å². The highest BCUT2D eigenvalue weighted by Gasteiger charge is 2.08. The largest absolute Gasteiger partial charge is 0.491 e. The molecule has 0 bridgehead atoms. The number of methoxy groups -OCH3 is 1. The van der Waals surface area contributed by atoms with Crippen LogP contribution in [0, 0.1) is 0 Å². The zero-order chi connectivity index (χ0) is 22.5. The van der Waals surface area contributed by atoms with E-state index < -0.39 is 0 Å². The number of amides is 1. The van der Waals surface area contributed by atoms with E-state index in [1.807, 2.05) is 55.5 Å². The standard InChI is InChI=1S/C24H34N4O3.HI/c1-5-25-24(27-18-20-9-11-22(12-10-20)31-16-15-30-4)26-14-13-19-7-6-8-21(17-19)23(29)28(2)3;/h6-12,17H,5,13-16,18H2,1-4H3,(H2,25,26,27);1H. The van der Waals surface area contributed by atoms with Gasteiger partial charge in [0, 0.05) is 39.9 Å². The summed E-state index contributed by atoms with van der Waals surface area (Å²) in [7, 11) is 5.18. The first kappa shape index (κ1) is 27.7. The normalized spacial score (nSPS) is 10.8. The van der Waals surface area contributed by atoms with Gasteiger partial charge in [-0.15, -0.1) is 24.0 Å². The minimum atomic E-state index is 0. The fourth-order valence-corrected chi connectivity index (χ4v) is 2.89. The third-order valence-corrected chi connectivity index (χ3v) is 4.53. The van der Waals surface area contributed by atoms with Gasteiger partial charge in [0.1, 0.15) is 12.4 Å². The fraction of sp³-hybridized carbons (Fsp3) is 0.417. The smallest absolute Gasteiger partial charge is 0.253 e. The van der Waals surface area contributed by atoms with Gasteiger partial charge in [-0.05, 0) is 48.7 Å². The van der Waals surface area contributed by atoms with Crippen molar-refractivity contribution in [3.05, 3.63) is 65.2 Å². The van der Waals surface area contributed by atoms with E-state index in [0.29, 0.717) is 25.3 Å². The Bertz CT molecular complexity index is 841. The Morgan fingerprint density at radius 1 is 1.03 bits per heavy atom. The van der Waals surface area contributed by atoms with Crippen molar-refractivity contribution >= 4 is 35.8 Å². The van der Waals surface area contributed by atoms with Crippen molar-refractivity contribution in [1.82, 2.24) is 15.5 Å². The molecule has 7 nitrogen and oxygen atoms in total. The molecule has 0 radical (unpaired) electrons. The first-order valence-corrected chi connectivity index (χ1v) is 10.6. The van der Waals surface area contributed by atoms with E-state index in [4.69, 9.17) is 9.47 Å². The molecular weight excluding hydrogens is 519 g/mol. The Hall–Kier alpha value is -2.33. The third kappa shape index (κ3) is 9.86. The maximum Gasteiger partial charge on any atom is 0.253 e. The highest BCUT2D eigenvalue weighted by atomic mass is 127. The molecular formula is C24H35IN4O3. The molecule has 32 heavy (non-hydrogen) atoms. The summed E-state index contributed by atoms with van der Waals surface area (Å²) in [6, 6.07) is 15.7. The average Bonchev–Trinajstić information content (AvgIpc) is 2.78. The molecule has 0 aliphatic carbocycles. The Labute approximate surface area is 208 Å². The van der Waals surface area contributed by atoms with Gasteiger partial charge in [0.25, 0.3) is 5.91 Å². The second-order valence-electron chi connectivity index (χ2n) is 7.26. The molecule has 8 heteroatoms. The minimum absolute atomic E-state index is 0. The molecule has 2 rings (SSSR count). The lowest BCUT2D eigenvalue weighted by atomic mass is 10.1. The van der Waals surface area contributed by atoms with Crippen LogP contribution >= 0.6 is 24.0 Å². The molecule has 0 saturated heterocycles. The maximum absolute atomic E-state index is 12.1. The predicted octanol–water partition coefficient (Wildman–Crippen LogP) is 3.33. The summed E-state index contributed by atoms with van der Waals surface area (Å²) in [5.41, 5.74) is 2.92. The average molecular weight is 554 g/mol.